The Morgan fingerprint density at radius 2 is 1.68 bits per heavy atom. The van der Waals surface area contributed by atoms with Gasteiger partial charge >= 0.3 is 0 Å². The number of hydrogen-bond donors (Lipinski definition) is 0. The molecule has 0 saturated heterocycles. The summed E-state index contributed by atoms with van der Waals surface area (Å²) in [5, 5.41) is 0. The molecule has 1 fully saturated rings. The van der Waals surface area contributed by atoms with Crippen LogP contribution in [0.25, 0.3) is 6.08 Å². The number of hydrogen-bond acceptors (Lipinski definition) is 4. The zero-order valence-corrected chi connectivity index (χ0v) is 11.4. The van der Waals surface area contributed by atoms with Crippen LogP contribution in [0.1, 0.15) is 18.4 Å². The number of rotatable bonds is 6. The molecular weight excluding hydrogens is 244 g/mol. The number of carbonyl (C=O) groups is 1. The van der Waals surface area contributed by atoms with Gasteiger partial charge in [-0.15, -0.1) is 0 Å². The van der Waals surface area contributed by atoms with Gasteiger partial charge in [-0.3, -0.25) is 4.79 Å². The minimum atomic E-state index is 0.189. The Kier molecular flexibility index (Phi) is 4.10. The Morgan fingerprint density at radius 1 is 1.11 bits per heavy atom. The van der Waals surface area contributed by atoms with Crippen molar-refractivity contribution < 1.29 is 19.0 Å². The van der Waals surface area contributed by atoms with Gasteiger partial charge in [0.2, 0.25) is 5.75 Å². The van der Waals surface area contributed by atoms with Crippen molar-refractivity contribution in [3.8, 4) is 17.2 Å². The predicted octanol–water partition coefficient (Wildman–Crippen LogP) is 2.70. The van der Waals surface area contributed by atoms with Gasteiger partial charge in [0.15, 0.2) is 17.3 Å². The summed E-state index contributed by atoms with van der Waals surface area (Å²) in [5.74, 6) is 2.14. The number of allylic oxidation sites excluding steroid dienone is 1. The third kappa shape index (κ3) is 3.08. The highest BCUT2D eigenvalue weighted by molar-refractivity contribution is 5.96. The topological polar surface area (TPSA) is 44.8 Å². The lowest BCUT2D eigenvalue weighted by molar-refractivity contribution is -0.115. The molecule has 0 radical (unpaired) electrons. The second kappa shape index (κ2) is 5.78. The summed E-state index contributed by atoms with van der Waals surface area (Å²) >= 11 is 0. The molecule has 0 N–H and O–H groups in total. The monoisotopic (exact) mass is 262 g/mol. The van der Waals surface area contributed by atoms with Crippen molar-refractivity contribution >= 4 is 11.9 Å². The maximum Gasteiger partial charge on any atom is 0.203 e. The van der Waals surface area contributed by atoms with E-state index in [0.717, 1.165) is 18.4 Å². The van der Waals surface area contributed by atoms with Crippen LogP contribution < -0.4 is 14.2 Å². The Bertz CT molecular complexity index is 476. The molecule has 4 nitrogen and oxygen atoms in total. The number of benzene rings is 1. The van der Waals surface area contributed by atoms with Crippen molar-refractivity contribution in [3.63, 3.8) is 0 Å². The fraction of sp³-hybridized carbons (Fsp3) is 0.400. The molecule has 19 heavy (non-hydrogen) atoms. The molecule has 1 saturated carbocycles. The molecule has 0 unspecified atom stereocenters. The Labute approximate surface area is 113 Å². The van der Waals surface area contributed by atoms with Gasteiger partial charge in [-0.1, -0.05) is 6.08 Å². The second-order valence-corrected chi connectivity index (χ2v) is 4.47. The summed E-state index contributed by atoms with van der Waals surface area (Å²) < 4.78 is 15.8. The van der Waals surface area contributed by atoms with Crippen LogP contribution in [0, 0.1) is 5.92 Å². The largest absolute Gasteiger partial charge is 0.493 e. The zero-order chi connectivity index (χ0) is 13.8. The molecule has 102 valence electrons. The lowest BCUT2D eigenvalue weighted by Gasteiger charge is -2.12. The molecule has 1 aromatic carbocycles. The van der Waals surface area contributed by atoms with Gasteiger partial charge in [-0.25, -0.2) is 0 Å². The van der Waals surface area contributed by atoms with E-state index in [2.05, 4.69) is 0 Å². The Hall–Kier alpha value is -1.97. The van der Waals surface area contributed by atoms with Crippen LogP contribution in [-0.2, 0) is 4.79 Å². The van der Waals surface area contributed by atoms with Crippen LogP contribution in [0.2, 0.25) is 0 Å². The van der Waals surface area contributed by atoms with Crippen LogP contribution in [0.3, 0.4) is 0 Å². The van der Waals surface area contributed by atoms with Crippen molar-refractivity contribution in [3.05, 3.63) is 23.8 Å². The van der Waals surface area contributed by atoms with Crippen LogP contribution in [-0.4, -0.2) is 27.1 Å². The van der Waals surface area contributed by atoms with Gasteiger partial charge < -0.3 is 14.2 Å². The highest BCUT2D eigenvalue weighted by atomic mass is 16.5. The number of methoxy groups -OCH3 is 3. The highest BCUT2D eigenvalue weighted by Gasteiger charge is 2.27. The van der Waals surface area contributed by atoms with Crippen molar-refractivity contribution in [2.45, 2.75) is 12.8 Å². The minimum Gasteiger partial charge on any atom is -0.493 e. The number of ketones is 1. The van der Waals surface area contributed by atoms with Crippen LogP contribution in [0.15, 0.2) is 18.2 Å². The molecule has 0 aromatic heterocycles. The Balaban J connectivity index is 2.27. The van der Waals surface area contributed by atoms with Crippen LogP contribution in [0.5, 0.6) is 17.2 Å². The van der Waals surface area contributed by atoms with E-state index < -0.39 is 0 Å². The molecule has 0 aliphatic heterocycles. The zero-order valence-electron chi connectivity index (χ0n) is 11.4. The summed E-state index contributed by atoms with van der Waals surface area (Å²) in [7, 11) is 4.70. The summed E-state index contributed by atoms with van der Waals surface area (Å²) in [6.45, 7) is 0. The average Bonchev–Trinajstić information content (AvgIpc) is 3.27. The average molecular weight is 262 g/mol. The van der Waals surface area contributed by atoms with Gasteiger partial charge in [0.1, 0.15) is 0 Å². The van der Waals surface area contributed by atoms with Crippen LogP contribution in [0.4, 0.5) is 0 Å². The smallest absolute Gasteiger partial charge is 0.203 e. The van der Waals surface area contributed by atoms with E-state index in [0.29, 0.717) is 17.2 Å². The molecule has 2 rings (SSSR count). The third-order valence-electron chi connectivity index (χ3n) is 3.11. The van der Waals surface area contributed by atoms with E-state index in [1.165, 1.54) is 0 Å². The van der Waals surface area contributed by atoms with Crippen molar-refractivity contribution in [1.82, 2.24) is 0 Å². The molecular formula is C15H18O4. The summed E-state index contributed by atoms with van der Waals surface area (Å²) in [5.41, 5.74) is 0.850. The van der Waals surface area contributed by atoms with E-state index in [1.54, 1.807) is 33.5 Å². The highest BCUT2D eigenvalue weighted by Crippen LogP contribution is 2.38. The first-order chi connectivity index (χ1) is 9.19. The van der Waals surface area contributed by atoms with E-state index in [9.17, 15) is 4.79 Å². The van der Waals surface area contributed by atoms with Gasteiger partial charge in [0, 0.05) is 5.92 Å². The molecule has 0 bridgehead atoms. The number of carbonyl (C=O) groups excluding carboxylic acids is 1. The van der Waals surface area contributed by atoms with Gasteiger partial charge in [0.25, 0.3) is 0 Å². The van der Waals surface area contributed by atoms with Crippen molar-refractivity contribution in [2.24, 2.45) is 5.92 Å². The lowest BCUT2D eigenvalue weighted by atomic mass is 10.1. The van der Waals surface area contributed by atoms with Gasteiger partial charge in [-0.2, -0.15) is 0 Å². The third-order valence-corrected chi connectivity index (χ3v) is 3.11. The summed E-state index contributed by atoms with van der Waals surface area (Å²) in [6.07, 6.45) is 5.43. The van der Waals surface area contributed by atoms with E-state index >= 15 is 0 Å². The van der Waals surface area contributed by atoms with Crippen LogP contribution >= 0.6 is 0 Å². The normalized spacial score (nSPS) is 14.5. The lowest BCUT2D eigenvalue weighted by Crippen LogP contribution is -1.96. The fourth-order valence-corrected chi connectivity index (χ4v) is 1.88. The van der Waals surface area contributed by atoms with E-state index in [4.69, 9.17) is 14.2 Å². The Morgan fingerprint density at radius 3 is 2.11 bits per heavy atom. The first-order valence-electron chi connectivity index (χ1n) is 6.21. The summed E-state index contributed by atoms with van der Waals surface area (Å²) in [4.78, 5) is 11.6. The van der Waals surface area contributed by atoms with Gasteiger partial charge in [-0.05, 0) is 36.6 Å². The fourth-order valence-electron chi connectivity index (χ4n) is 1.88. The van der Waals surface area contributed by atoms with E-state index in [1.807, 2.05) is 12.1 Å². The SMILES string of the molecule is COc1cc(C=CC(=O)C2CC2)cc(OC)c1OC. The second-order valence-electron chi connectivity index (χ2n) is 4.47. The minimum absolute atomic E-state index is 0.189. The molecule has 1 aliphatic rings. The first kappa shape index (κ1) is 13.5. The van der Waals surface area contributed by atoms with Crippen molar-refractivity contribution in [2.75, 3.05) is 21.3 Å². The molecule has 1 aromatic rings. The standard InChI is InChI=1S/C15H18O4/c1-17-13-8-10(4-7-12(16)11-5-6-11)9-14(18-2)15(13)19-3/h4,7-9,11H,5-6H2,1-3H3. The number of ether oxygens (including phenoxy) is 3. The van der Waals surface area contributed by atoms with Gasteiger partial charge in [0.05, 0.1) is 21.3 Å². The molecule has 4 heteroatoms. The quantitative estimate of drug-likeness (QED) is 0.739. The maximum absolute atomic E-state index is 11.6. The van der Waals surface area contributed by atoms with Crippen molar-refractivity contribution in [1.29, 1.82) is 0 Å². The summed E-state index contributed by atoms with van der Waals surface area (Å²) in [6, 6.07) is 3.63. The first-order valence-corrected chi connectivity index (χ1v) is 6.21. The van der Waals surface area contributed by atoms with E-state index in [-0.39, 0.29) is 11.7 Å². The maximum atomic E-state index is 11.6. The molecule has 0 heterocycles. The molecule has 0 atom stereocenters. The predicted molar refractivity (Wildman–Crippen MR) is 72.9 cm³/mol. The molecule has 0 spiro atoms. The molecule has 0 amide bonds. The molecule has 1 aliphatic carbocycles.